The summed E-state index contributed by atoms with van der Waals surface area (Å²) in [4.78, 5) is 13.3. The molecule has 7 nitrogen and oxygen atoms in total. The number of hydrogen-bond donors (Lipinski definition) is 2. The smallest absolute Gasteiger partial charge is 0.382 e. The lowest BCUT2D eigenvalue weighted by atomic mass is 9.90. The lowest BCUT2D eigenvalue weighted by molar-refractivity contribution is -0.140. The minimum absolute atomic E-state index is 0.0997. The first-order chi connectivity index (χ1) is 11.1. The lowest BCUT2D eigenvalue weighted by Gasteiger charge is -2.37. The molecule has 2 heterocycles. The zero-order valence-electron chi connectivity index (χ0n) is 13.7. The quantitative estimate of drug-likeness (QED) is 0.822. The molecule has 1 aromatic heterocycles. The van der Waals surface area contributed by atoms with Crippen molar-refractivity contribution < 1.29 is 23.1 Å². The molecule has 1 amide bonds. The van der Waals surface area contributed by atoms with Crippen molar-refractivity contribution >= 4 is 5.91 Å². The van der Waals surface area contributed by atoms with Crippen LogP contribution in [0.3, 0.4) is 0 Å². The van der Waals surface area contributed by atoms with E-state index in [1.165, 1.54) is 0 Å². The zero-order valence-corrected chi connectivity index (χ0v) is 13.7. The Labute approximate surface area is 137 Å². The second-order valence-electron chi connectivity index (χ2n) is 6.42. The Kier molecular flexibility index (Phi) is 5.49. The number of carbonyl (C=O) groups is 1. The van der Waals surface area contributed by atoms with Crippen molar-refractivity contribution in [1.82, 2.24) is 25.2 Å². The second kappa shape index (κ2) is 7.06. The summed E-state index contributed by atoms with van der Waals surface area (Å²) in [6.45, 7) is 2.97. The van der Waals surface area contributed by atoms with Gasteiger partial charge in [-0.25, -0.2) is 4.68 Å². The second-order valence-corrected chi connectivity index (χ2v) is 6.42. The molecule has 0 spiro atoms. The van der Waals surface area contributed by atoms with E-state index in [0.29, 0.717) is 25.1 Å². The van der Waals surface area contributed by atoms with Crippen molar-refractivity contribution in [3.63, 3.8) is 0 Å². The van der Waals surface area contributed by atoms with Gasteiger partial charge in [-0.3, -0.25) is 9.69 Å². The highest BCUT2D eigenvalue weighted by Crippen LogP contribution is 2.30. The summed E-state index contributed by atoms with van der Waals surface area (Å²) >= 11 is 0. The number of hydrogen-bond acceptors (Lipinski definition) is 5. The van der Waals surface area contributed by atoms with Gasteiger partial charge in [0, 0.05) is 12.6 Å². The normalized spacial score (nSPS) is 22.8. The zero-order chi connectivity index (χ0) is 18.0. The molecule has 0 radical (unpaired) electrons. The van der Waals surface area contributed by atoms with Crippen LogP contribution in [0.5, 0.6) is 0 Å². The first-order valence-electron chi connectivity index (χ1n) is 7.79. The van der Waals surface area contributed by atoms with E-state index >= 15 is 0 Å². The first kappa shape index (κ1) is 18.7. The summed E-state index contributed by atoms with van der Waals surface area (Å²) in [5.74, 6) is -0.720. The van der Waals surface area contributed by atoms with Gasteiger partial charge in [-0.05, 0) is 33.2 Å². The van der Waals surface area contributed by atoms with Crippen molar-refractivity contribution in [3.05, 3.63) is 11.9 Å². The topological polar surface area (TPSA) is 83.3 Å². The monoisotopic (exact) mass is 349 g/mol. The van der Waals surface area contributed by atoms with E-state index in [1.54, 1.807) is 15.8 Å². The molecule has 2 rings (SSSR count). The van der Waals surface area contributed by atoms with Crippen LogP contribution in [-0.4, -0.2) is 63.3 Å². The van der Waals surface area contributed by atoms with Crippen LogP contribution >= 0.6 is 0 Å². The molecule has 0 saturated carbocycles. The summed E-state index contributed by atoms with van der Waals surface area (Å²) in [6.07, 6.45) is -1.70. The van der Waals surface area contributed by atoms with E-state index < -0.39 is 24.2 Å². The fourth-order valence-electron chi connectivity index (χ4n) is 2.67. The number of alkyl halides is 3. The molecule has 1 aliphatic heterocycles. The van der Waals surface area contributed by atoms with E-state index in [0.717, 1.165) is 0 Å². The van der Waals surface area contributed by atoms with Crippen molar-refractivity contribution in [2.75, 3.05) is 26.2 Å². The molecule has 0 unspecified atom stereocenters. The molecule has 0 bridgehead atoms. The summed E-state index contributed by atoms with van der Waals surface area (Å²) in [5.41, 5.74) is -0.841. The molecule has 1 aliphatic rings. The lowest BCUT2D eigenvalue weighted by Crippen LogP contribution is -2.50. The van der Waals surface area contributed by atoms with Crippen molar-refractivity contribution in [2.24, 2.45) is 0 Å². The van der Waals surface area contributed by atoms with Crippen molar-refractivity contribution in [2.45, 2.75) is 44.5 Å². The number of halogens is 3. The predicted octanol–water partition coefficient (Wildman–Crippen LogP) is 0.821. The Morgan fingerprint density at radius 3 is 2.79 bits per heavy atom. The van der Waals surface area contributed by atoms with Gasteiger partial charge in [0.1, 0.15) is 17.8 Å². The minimum atomic E-state index is -4.44. The third kappa shape index (κ3) is 4.91. The van der Waals surface area contributed by atoms with Gasteiger partial charge in [-0.15, -0.1) is 5.10 Å². The van der Waals surface area contributed by atoms with Crippen molar-refractivity contribution in [3.8, 4) is 0 Å². The molecule has 1 fully saturated rings. The van der Waals surface area contributed by atoms with Gasteiger partial charge in [0.2, 0.25) is 5.91 Å². The number of piperidine rings is 1. The number of carbonyl (C=O) groups excluding carboxylic acids is 1. The van der Waals surface area contributed by atoms with Crippen LogP contribution in [0.1, 0.15) is 38.4 Å². The number of aromatic nitrogens is 3. The number of nitrogens with zero attached hydrogens (tertiary/aromatic N) is 4. The maximum Gasteiger partial charge on any atom is 0.405 e. The average Bonchev–Trinajstić information content (AvgIpc) is 2.95. The van der Waals surface area contributed by atoms with E-state index in [-0.39, 0.29) is 19.1 Å². The van der Waals surface area contributed by atoms with Crippen LogP contribution in [0.15, 0.2) is 6.20 Å². The van der Waals surface area contributed by atoms with Gasteiger partial charge < -0.3 is 10.4 Å². The summed E-state index contributed by atoms with van der Waals surface area (Å²) in [5, 5.41) is 20.6. The van der Waals surface area contributed by atoms with E-state index in [1.807, 2.05) is 19.2 Å². The fraction of sp³-hybridized carbons (Fsp3) is 0.786. The van der Waals surface area contributed by atoms with Crippen LogP contribution in [-0.2, 0) is 10.4 Å². The molecule has 24 heavy (non-hydrogen) atoms. The number of likely N-dealkylation sites (tertiary alicyclic amines) is 1. The predicted molar refractivity (Wildman–Crippen MR) is 79.0 cm³/mol. The maximum absolute atomic E-state index is 12.1. The first-order valence-corrected chi connectivity index (χ1v) is 7.79. The van der Waals surface area contributed by atoms with Gasteiger partial charge in [0.05, 0.1) is 12.7 Å². The highest BCUT2D eigenvalue weighted by molar-refractivity contribution is 5.78. The Hall–Kier alpha value is -1.68. The molecule has 1 atom stereocenters. The van der Waals surface area contributed by atoms with Crippen LogP contribution in [0.25, 0.3) is 0 Å². The van der Waals surface area contributed by atoms with E-state index in [4.69, 9.17) is 0 Å². The highest BCUT2D eigenvalue weighted by Gasteiger charge is 2.38. The number of nitrogens with one attached hydrogen (secondary N) is 1. The number of amides is 1. The summed E-state index contributed by atoms with van der Waals surface area (Å²) < 4.78 is 38.0. The van der Waals surface area contributed by atoms with Gasteiger partial charge in [-0.1, -0.05) is 5.21 Å². The van der Waals surface area contributed by atoms with Gasteiger partial charge in [0.25, 0.3) is 0 Å². The van der Waals surface area contributed by atoms with E-state index in [9.17, 15) is 23.1 Å². The fourth-order valence-corrected chi connectivity index (χ4v) is 2.67. The average molecular weight is 349 g/mol. The minimum Gasteiger partial charge on any atom is -0.382 e. The molecule has 0 aromatic carbocycles. The standard InChI is InChI=1S/C14H22F3N5O2/c1-10(2)22-6-11(19-20-22)13(24)4-3-5-21(9-13)7-12(23)18-8-14(15,16)17/h6,10,24H,3-5,7-9H2,1-2H3,(H,18,23)/t13-/m1/s1. The Bertz CT molecular complexity index is 575. The summed E-state index contributed by atoms with van der Waals surface area (Å²) in [6, 6.07) is 0.0997. The Morgan fingerprint density at radius 1 is 1.50 bits per heavy atom. The number of aliphatic hydroxyl groups is 1. The maximum atomic E-state index is 12.1. The molecular weight excluding hydrogens is 327 g/mol. The summed E-state index contributed by atoms with van der Waals surface area (Å²) in [7, 11) is 0. The van der Waals surface area contributed by atoms with Crippen molar-refractivity contribution in [1.29, 1.82) is 0 Å². The molecule has 2 N–H and O–H groups in total. The highest BCUT2D eigenvalue weighted by atomic mass is 19.4. The third-order valence-corrected chi connectivity index (χ3v) is 3.92. The molecule has 1 saturated heterocycles. The molecular formula is C14H22F3N5O2. The van der Waals surface area contributed by atoms with Crippen LogP contribution < -0.4 is 5.32 Å². The number of β-amino-alcohol motifs (C(OH)–C–C–N with tert-alkyl or cyclic N) is 1. The van der Waals surface area contributed by atoms with Gasteiger partial charge in [-0.2, -0.15) is 13.2 Å². The molecule has 136 valence electrons. The Balaban J connectivity index is 1.96. The van der Waals surface area contributed by atoms with Crippen LogP contribution in [0, 0.1) is 0 Å². The van der Waals surface area contributed by atoms with Gasteiger partial charge >= 0.3 is 6.18 Å². The van der Waals surface area contributed by atoms with Crippen LogP contribution in [0.2, 0.25) is 0 Å². The molecule has 1 aromatic rings. The third-order valence-electron chi connectivity index (χ3n) is 3.92. The van der Waals surface area contributed by atoms with Gasteiger partial charge in [0.15, 0.2) is 0 Å². The van der Waals surface area contributed by atoms with E-state index in [2.05, 4.69) is 10.3 Å². The van der Waals surface area contributed by atoms with Crippen LogP contribution in [0.4, 0.5) is 13.2 Å². The SMILES string of the molecule is CC(C)n1cc([C@@]2(O)CCCN(CC(=O)NCC(F)(F)F)C2)nn1. The largest absolute Gasteiger partial charge is 0.405 e. The Morgan fingerprint density at radius 2 is 2.21 bits per heavy atom. The number of rotatable bonds is 5. The molecule has 0 aliphatic carbocycles. The molecule has 10 heteroatoms.